The lowest BCUT2D eigenvalue weighted by Gasteiger charge is -2.30. The summed E-state index contributed by atoms with van der Waals surface area (Å²) in [5.41, 5.74) is 2.32. The van der Waals surface area contributed by atoms with Crippen molar-refractivity contribution in [3.05, 3.63) is 47.3 Å². The Morgan fingerprint density at radius 3 is 2.96 bits per heavy atom. The van der Waals surface area contributed by atoms with Gasteiger partial charge in [-0.3, -0.25) is 4.90 Å². The Bertz CT molecular complexity index is 836. The minimum atomic E-state index is 0.336. The average molecular weight is 325 g/mol. The molecule has 5 nitrogen and oxygen atoms in total. The van der Waals surface area contributed by atoms with Crippen molar-refractivity contribution in [3.8, 4) is 0 Å². The SMILES string of the molecule is CCc1oc2ccccc2c1CN1CCCC(c2nc(C)no2)C1. The third-order valence-electron chi connectivity index (χ3n) is 4.88. The van der Waals surface area contributed by atoms with Crippen molar-refractivity contribution in [1.82, 2.24) is 15.0 Å². The van der Waals surface area contributed by atoms with Gasteiger partial charge < -0.3 is 8.94 Å². The van der Waals surface area contributed by atoms with Gasteiger partial charge in [-0.15, -0.1) is 0 Å². The van der Waals surface area contributed by atoms with Crippen LogP contribution in [0.25, 0.3) is 11.0 Å². The minimum Gasteiger partial charge on any atom is -0.461 e. The zero-order valence-corrected chi connectivity index (χ0v) is 14.3. The van der Waals surface area contributed by atoms with Gasteiger partial charge in [-0.05, 0) is 32.4 Å². The fourth-order valence-electron chi connectivity index (χ4n) is 3.71. The highest BCUT2D eigenvalue weighted by Crippen LogP contribution is 2.31. The maximum Gasteiger partial charge on any atom is 0.231 e. The second-order valence-corrected chi connectivity index (χ2v) is 6.61. The van der Waals surface area contributed by atoms with Crippen LogP contribution in [0.2, 0.25) is 0 Å². The molecule has 0 radical (unpaired) electrons. The Balaban J connectivity index is 1.57. The molecule has 1 aliphatic rings. The third-order valence-corrected chi connectivity index (χ3v) is 4.88. The number of furan rings is 1. The highest BCUT2D eigenvalue weighted by atomic mass is 16.5. The molecule has 0 saturated carbocycles. The first kappa shape index (κ1) is 15.4. The Kier molecular flexibility index (Phi) is 4.10. The largest absolute Gasteiger partial charge is 0.461 e. The van der Waals surface area contributed by atoms with Crippen molar-refractivity contribution in [3.63, 3.8) is 0 Å². The molecule has 0 N–H and O–H groups in total. The van der Waals surface area contributed by atoms with Gasteiger partial charge in [0, 0.05) is 30.5 Å². The van der Waals surface area contributed by atoms with Gasteiger partial charge in [0.05, 0.1) is 5.92 Å². The van der Waals surface area contributed by atoms with Crippen LogP contribution in [0.4, 0.5) is 0 Å². The lowest BCUT2D eigenvalue weighted by molar-refractivity contribution is 0.179. The Morgan fingerprint density at radius 2 is 2.17 bits per heavy atom. The molecule has 4 rings (SSSR count). The number of para-hydroxylation sites is 1. The number of rotatable bonds is 4. The molecule has 2 aromatic heterocycles. The molecule has 126 valence electrons. The van der Waals surface area contributed by atoms with Crippen molar-refractivity contribution in [2.45, 2.75) is 45.6 Å². The number of fused-ring (bicyclic) bond motifs is 1. The van der Waals surface area contributed by atoms with E-state index in [0.717, 1.165) is 62.0 Å². The normalized spacial score (nSPS) is 19.2. The van der Waals surface area contributed by atoms with Gasteiger partial charge in [-0.25, -0.2) is 0 Å². The molecule has 1 fully saturated rings. The van der Waals surface area contributed by atoms with Crippen molar-refractivity contribution < 1.29 is 8.94 Å². The lowest BCUT2D eigenvalue weighted by atomic mass is 9.97. The first-order chi connectivity index (χ1) is 11.7. The van der Waals surface area contributed by atoms with Crippen molar-refractivity contribution in [1.29, 1.82) is 0 Å². The third kappa shape index (κ3) is 2.84. The lowest BCUT2D eigenvalue weighted by Crippen LogP contribution is -2.34. The van der Waals surface area contributed by atoms with Crippen LogP contribution in [-0.4, -0.2) is 28.1 Å². The summed E-state index contributed by atoms with van der Waals surface area (Å²) in [4.78, 5) is 6.92. The molecule has 1 atom stereocenters. The molecule has 1 aliphatic heterocycles. The van der Waals surface area contributed by atoms with Gasteiger partial charge in [0.2, 0.25) is 5.89 Å². The van der Waals surface area contributed by atoms with E-state index in [4.69, 9.17) is 8.94 Å². The quantitative estimate of drug-likeness (QED) is 0.724. The summed E-state index contributed by atoms with van der Waals surface area (Å²) >= 11 is 0. The summed E-state index contributed by atoms with van der Waals surface area (Å²) in [6.07, 6.45) is 3.19. The van der Waals surface area contributed by atoms with Crippen molar-refractivity contribution in [2.75, 3.05) is 13.1 Å². The van der Waals surface area contributed by atoms with Crippen LogP contribution in [0.3, 0.4) is 0 Å². The van der Waals surface area contributed by atoms with Crippen LogP contribution in [0, 0.1) is 6.92 Å². The summed E-state index contributed by atoms with van der Waals surface area (Å²) in [6.45, 7) is 7.01. The van der Waals surface area contributed by atoms with E-state index in [1.54, 1.807) is 0 Å². The number of hydrogen-bond acceptors (Lipinski definition) is 5. The van der Waals surface area contributed by atoms with Gasteiger partial charge in [0.1, 0.15) is 11.3 Å². The van der Waals surface area contributed by atoms with Crippen molar-refractivity contribution >= 4 is 11.0 Å². The van der Waals surface area contributed by atoms with E-state index in [1.807, 2.05) is 13.0 Å². The Morgan fingerprint density at radius 1 is 1.29 bits per heavy atom. The predicted molar refractivity (Wildman–Crippen MR) is 91.9 cm³/mol. The molecular weight excluding hydrogens is 302 g/mol. The molecule has 3 aromatic rings. The van der Waals surface area contributed by atoms with Crippen molar-refractivity contribution in [2.24, 2.45) is 0 Å². The standard InChI is InChI=1S/C19H23N3O2/c1-3-17-16(15-8-4-5-9-18(15)23-17)12-22-10-6-7-14(11-22)19-20-13(2)21-24-19/h4-5,8-9,14H,3,6-7,10-12H2,1-2H3. The molecular formula is C19H23N3O2. The van der Waals surface area contributed by atoms with E-state index in [1.165, 1.54) is 10.9 Å². The minimum absolute atomic E-state index is 0.336. The van der Waals surface area contributed by atoms with Crippen LogP contribution < -0.4 is 0 Å². The fourth-order valence-corrected chi connectivity index (χ4v) is 3.71. The number of nitrogens with zero attached hydrogens (tertiary/aromatic N) is 3. The number of aromatic nitrogens is 2. The van der Waals surface area contributed by atoms with E-state index in [9.17, 15) is 0 Å². The highest BCUT2D eigenvalue weighted by molar-refractivity contribution is 5.82. The van der Waals surface area contributed by atoms with E-state index in [0.29, 0.717) is 5.92 Å². The topological polar surface area (TPSA) is 55.3 Å². The molecule has 1 aromatic carbocycles. The number of likely N-dealkylation sites (tertiary alicyclic amines) is 1. The number of hydrogen-bond donors (Lipinski definition) is 0. The monoisotopic (exact) mass is 325 g/mol. The number of aryl methyl sites for hydroxylation is 2. The van der Waals surface area contributed by atoms with Crippen LogP contribution in [-0.2, 0) is 13.0 Å². The molecule has 0 spiro atoms. The fraction of sp³-hybridized carbons (Fsp3) is 0.474. The summed E-state index contributed by atoms with van der Waals surface area (Å²) in [5, 5.41) is 5.18. The second kappa shape index (κ2) is 6.40. The Labute approximate surface area is 141 Å². The zero-order chi connectivity index (χ0) is 16.5. The maximum atomic E-state index is 6.04. The molecule has 0 aliphatic carbocycles. The highest BCUT2D eigenvalue weighted by Gasteiger charge is 2.27. The van der Waals surface area contributed by atoms with E-state index >= 15 is 0 Å². The van der Waals surface area contributed by atoms with Crippen LogP contribution >= 0.6 is 0 Å². The summed E-state index contributed by atoms with van der Waals surface area (Å²) in [5.74, 6) is 2.94. The average Bonchev–Trinajstić information content (AvgIpc) is 3.19. The second-order valence-electron chi connectivity index (χ2n) is 6.61. The smallest absolute Gasteiger partial charge is 0.231 e. The number of piperidine rings is 1. The first-order valence-electron chi connectivity index (χ1n) is 8.76. The van der Waals surface area contributed by atoms with Crippen LogP contribution in [0.1, 0.15) is 48.7 Å². The van der Waals surface area contributed by atoms with E-state index < -0.39 is 0 Å². The molecule has 24 heavy (non-hydrogen) atoms. The molecule has 3 heterocycles. The van der Waals surface area contributed by atoms with Gasteiger partial charge in [-0.2, -0.15) is 4.98 Å². The van der Waals surface area contributed by atoms with E-state index in [2.05, 4.69) is 40.2 Å². The molecule has 1 unspecified atom stereocenters. The van der Waals surface area contributed by atoms with E-state index in [-0.39, 0.29) is 0 Å². The zero-order valence-electron chi connectivity index (χ0n) is 14.3. The molecule has 5 heteroatoms. The maximum absolute atomic E-state index is 6.04. The first-order valence-corrected chi connectivity index (χ1v) is 8.76. The predicted octanol–water partition coefficient (Wildman–Crippen LogP) is 4.07. The van der Waals surface area contributed by atoms with Gasteiger partial charge in [0.15, 0.2) is 5.82 Å². The van der Waals surface area contributed by atoms with Gasteiger partial charge in [-0.1, -0.05) is 30.3 Å². The van der Waals surface area contributed by atoms with Gasteiger partial charge in [0.25, 0.3) is 0 Å². The van der Waals surface area contributed by atoms with Crippen LogP contribution in [0.5, 0.6) is 0 Å². The Hall–Kier alpha value is -2.14. The summed E-state index contributed by atoms with van der Waals surface area (Å²) in [7, 11) is 0. The molecule has 0 bridgehead atoms. The number of benzene rings is 1. The summed E-state index contributed by atoms with van der Waals surface area (Å²) < 4.78 is 11.4. The molecule has 0 amide bonds. The molecule has 1 saturated heterocycles. The summed E-state index contributed by atoms with van der Waals surface area (Å²) in [6, 6.07) is 8.33. The van der Waals surface area contributed by atoms with Crippen LogP contribution in [0.15, 0.2) is 33.2 Å². The van der Waals surface area contributed by atoms with Gasteiger partial charge >= 0.3 is 0 Å².